The summed E-state index contributed by atoms with van der Waals surface area (Å²) in [5, 5.41) is 3.68. The highest BCUT2D eigenvalue weighted by atomic mass is 15.3. The minimum absolute atomic E-state index is 0.00879. The first-order valence-corrected chi connectivity index (χ1v) is 13.5. The summed E-state index contributed by atoms with van der Waals surface area (Å²) in [5.74, 6) is 1.90. The SMILES string of the molecule is CCCCN(c1nccc(C(C)(C)C)n1)C(CC)CC(C)(C)c1ccnc(NC2CCCC2)c1. The fourth-order valence-corrected chi connectivity index (χ4v) is 5.07. The van der Waals surface area contributed by atoms with Gasteiger partial charge in [-0.1, -0.05) is 67.7 Å². The second-order valence-electron chi connectivity index (χ2n) is 11.7. The molecule has 5 nitrogen and oxygen atoms in total. The summed E-state index contributed by atoms with van der Waals surface area (Å²) in [6, 6.07) is 7.47. The zero-order valence-corrected chi connectivity index (χ0v) is 22.7. The van der Waals surface area contributed by atoms with Gasteiger partial charge in [-0.2, -0.15) is 0 Å². The third kappa shape index (κ3) is 6.93. The Morgan fingerprint density at radius 3 is 2.38 bits per heavy atom. The lowest BCUT2D eigenvalue weighted by atomic mass is 9.78. The molecule has 2 heterocycles. The van der Waals surface area contributed by atoms with Gasteiger partial charge in [-0.3, -0.25) is 0 Å². The van der Waals surface area contributed by atoms with Gasteiger partial charge in [0.1, 0.15) is 5.82 Å². The van der Waals surface area contributed by atoms with Crippen LogP contribution >= 0.6 is 0 Å². The van der Waals surface area contributed by atoms with E-state index in [9.17, 15) is 0 Å². The van der Waals surface area contributed by atoms with E-state index in [4.69, 9.17) is 9.97 Å². The fraction of sp³-hybridized carbons (Fsp3) is 0.690. The summed E-state index contributed by atoms with van der Waals surface area (Å²) in [6.45, 7) is 16.9. The number of hydrogen-bond acceptors (Lipinski definition) is 5. The minimum Gasteiger partial charge on any atom is -0.367 e. The molecule has 0 saturated heterocycles. The van der Waals surface area contributed by atoms with Crippen LogP contribution in [0.4, 0.5) is 11.8 Å². The number of hydrogen-bond donors (Lipinski definition) is 1. The molecular weight excluding hydrogens is 418 g/mol. The van der Waals surface area contributed by atoms with Crippen LogP contribution in [0.15, 0.2) is 30.6 Å². The molecule has 1 fully saturated rings. The van der Waals surface area contributed by atoms with Crippen LogP contribution in [0, 0.1) is 0 Å². The first kappa shape index (κ1) is 26.4. The molecule has 1 N–H and O–H groups in total. The van der Waals surface area contributed by atoms with Gasteiger partial charge in [-0.25, -0.2) is 15.0 Å². The van der Waals surface area contributed by atoms with E-state index in [1.54, 1.807) is 0 Å². The van der Waals surface area contributed by atoms with Crippen LogP contribution in [0.3, 0.4) is 0 Å². The molecule has 0 amide bonds. The number of nitrogens with zero attached hydrogens (tertiary/aromatic N) is 4. The van der Waals surface area contributed by atoms with E-state index in [0.717, 1.165) is 49.7 Å². The van der Waals surface area contributed by atoms with Crippen molar-refractivity contribution < 1.29 is 0 Å². The Morgan fingerprint density at radius 1 is 1.03 bits per heavy atom. The third-order valence-electron chi connectivity index (χ3n) is 7.33. The van der Waals surface area contributed by atoms with E-state index in [-0.39, 0.29) is 10.8 Å². The maximum absolute atomic E-state index is 5.04. The summed E-state index contributed by atoms with van der Waals surface area (Å²) >= 11 is 0. The van der Waals surface area contributed by atoms with Crippen molar-refractivity contribution in [3.8, 4) is 0 Å². The van der Waals surface area contributed by atoms with Crippen LogP contribution in [0.1, 0.15) is 111 Å². The molecule has 5 heteroatoms. The van der Waals surface area contributed by atoms with Gasteiger partial charge in [-0.15, -0.1) is 0 Å². The highest BCUT2D eigenvalue weighted by Gasteiger charge is 2.30. The van der Waals surface area contributed by atoms with Crippen molar-refractivity contribution >= 4 is 11.8 Å². The summed E-state index contributed by atoms with van der Waals surface area (Å²) in [5.41, 5.74) is 2.47. The molecule has 2 aromatic heterocycles. The van der Waals surface area contributed by atoms with Gasteiger partial charge < -0.3 is 10.2 Å². The highest BCUT2D eigenvalue weighted by molar-refractivity contribution is 5.42. The van der Waals surface area contributed by atoms with Gasteiger partial charge in [-0.05, 0) is 61.3 Å². The molecule has 0 aliphatic heterocycles. The molecule has 0 bridgehead atoms. The molecular formula is C29H47N5. The average Bonchev–Trinajstić information content (AvgIpc) is 3.31. The molecule has 1 atom stereocenters. The first-order valence-electron chi connectivity index (χ1n) is 13.5. The van der Waals surface area contributed by atoms with Crippen LogP contribution in [-0.2, 0) is 10.8 Å². The van der Waals surface area contributed by atoms with E-state index in [0.29, 0.717) is 12.1 Å². The molecule has 1 aliphatic rings. The van der Waals surface area contributed by atoms with Gasteiger partial charge in [0.2, 0.25) is 5.95 Å². The predicted octanol–water partition coefficient (Wildman–Crippen LogP) is 7.28. The number of anilines is 2. The van der Waals surface area contributed by atoms with Crippen molar-refractivity contribution in [1.82, 2.24) is 15.0 Å². The predicted molar refractivity (Wildman–Crippen MR) is 145 cm³/mol. The molecule has 3 rings (SSSR count). The van der Waals surface area contributed by atoms with Crippen LogP contribution < -0.4 is 10.2 Å². The van der Waals surface area contributed by atoms with Crippen LogP contribution in [0.25, 0.3) is 0 Å². The maximum atomic E-state index is 5.04. The zero-order chi connectivity index (χ0) is 24.8. The van der Waals surface area contributed by atoms with Crippen molar-refractivity contribution in [3.63, 3.8) is 0 Å². The second-order valence-corrected chi connectivity index (χ2v) is 11.7. The van der Waals surface area contributed by atoms with Crippen molar-refractivity contribution in [2.75, 3.05) is 16.8 Å². The zero-order valence-electron chi connectivity index (χ0n) is 22.7. The fourth-order valence-electron chi connectivity index (χ4n) is 5.07. The lowest BCUT2D eigenvalue weighted by Gasteiger charge is -2.37. The number of nitrogens with one attached hydrogen (secondary N) is 1. The van der Waals surface area contributed by atoms with Crippen LogP contribution in [0.2, 0.25) is 0 Å². The van der Waals surface area contributed by atoms with Crippen molar-refractivity contribution in [2.24, 2.45) is 0 Å². The molecule has 1 saturated carbocycles. The molecule has 0 aromatic carbocycles. The van der Waals surface area contributed by atoms with E-state index < -0.39 is 0 Å². The molecule has 34 heavy (non-hydrogen) atoms. The molecule has 0 radical (unpaired) electrons. The van der Waals surface area contributed by atoms with E-state index in [1.807, 2.05) is 12.4 Å². The lowest BCUT2D eigenvalue weighted by molar-refractivity contribution is 0.391. The Kier molecular flexibility index (Phi) is 8.95. The number of rotatable bonds is 11. The standard InChI is InChI=1S/C29H47N5/c1-8-10-19-34(27-31-18-16-25(33-27)28(3,4)5)24(9-2)21-29(6,7)22-15-17-30-26(20-22)32-23-13-11-12-14-23/h15-18,20,23-24H,8-14,19,21H2,1-7H3,(H,30,32). The second kappa shape index (κ2) is 11.5. The monoisotopic (exact) mass is 465 g/mol. The summed E-state index contributed by atoms with van der Waals surface area (Å²) in [6.07, 6.45) is 13.5. The summed E-state index contributed by atoms with van der Waals surface area (Å²) in [7, 11) is 0. The van der Waals surface area contributed by atoms with Gasteiger partial charge in [0.15, 0.2) is 0 Å². The average molecular weight is 466 g/mol. The number of aromatic nitrogens is 3. The summed E-state index contributed by atoms with van der Waals surface area (Å²) < 4.78 is 0. The Labute approximate surface area is 208 Å². The quantitative estimate of drug-likeness (QED) is 0.378. The van der Waals surface area contributed by atoms with Crippen molar-refractivity contribution in [1.29, 1.82) is 0 Å². The highest BCUT2D eigenvalue weighted by Crippen LogP contribution is 2.34. The van der Waals surface area contributed by atoms with Crippen molar-refractivity contribution in [3.05, 3.63) is 41.9 Å². The largest absolute Gasteiger partial charge is 0.367 e. The van der Waals surface area contributed by atoms with Gasteiger partial charge in [0.05, 0.1) is 5.69 Å². The molecule has 1 unspecified atom stereocenters. The topological polar surface area (TPSA) is 53.9 Å². The third-order valence-corrected chi connectivity index (χ3v) is 7.33. The molecule has 2 aromatic rings. The van der Waals surface area contributed by atoms with Gasteiger partial charge >= 0.3 is 0 Å². The van der Waals surface area contributed by atoms with Crippen LogP contribution in [-0.4, -0.2) is 33.6 Å². The van der Waals surface area contributed by atoms with E-state index in [1.165, 1.54) is 31.2 Å². The Hall–Kier alpha value is -2.17. The van der Waals surface area contributed by atoms with Gasteiger partial charge in [0.25, 0.3) is 0 Å². The van der Waals surface area contributed by atoms with Gasteiger partial charge in [0, 0.05) is 36.4 Å². The van der Waals surface area contributed by atoms with Crippen molar-refractivity contribution in [2.45, 2.75) is 123 Å². The normalized spacial score (nSPS) is 16.0. The summed E-state index contributed by atoms with van der Waals surface area (Å²) in [4.78, 5) is 16.9. The molecule has 0 spiro atoms. The lowest BCUT2D eigenvalue weighted by Crippen LogP contribution is -2.41. The Bertz CT molecular complexity index is 895. The first-order chi connectivity index (χ1) is 16.1. The van der Waals surface area contributed by atoms with E-state index in [2.05, 4.69) is 81.9 Å². The Morgan fingerprint density at radius 2 is 1.74 bits per heavy atom. The van der Waals surface area contributed by atoms with Crippen LogP contribution in [0.5, 0.6) is 0 Å². The number of pyridine rings is 1. The maximum Gasteiger partial charge on any atom is 0.225 e. The Balaban J connectivity index is 1.83. The smallest absolute Gasteiger partial charge is 0.225 e. The number of unbranched alkanes of at least 4 members (excludes halogenated alkanes) is 1. The van der Waals surface area contributed by atoms with E-state index >= 15 is 0 Å². The molecule has 1 aliphatic carbocycles. The minimum atomic E-state index is 0.00879. The molecule has 188 valence electrons.